The number of hydrogen-bond acceptors (Lipinski definition) is 5. The summed E-state index contributed by atoms with van der Waals surface area (Å²) in [5.74, 6) is 0.273. The van der Waals surface area contributed by atoms with Gasteiger partial charge in [-0.05, 0) is 62.8 Å². The lowest BCUT2D eigenvalue weighted by atomic mass is 9.86. The molecule has 6 nitrogen and oxygen atoms in total. The summed E-state index contributed by atoms with van der Waals surface area (Å²) in [5, 5.41) is 3.33. The molecular formula is C31H38N2O4. The molecule has 2 aliphatic heterocycles. The number of allylic oxidation sites excluding steroid dienone is 1. The maximum atomic E-state index is 13.7. The van der Waals surface area contributed by atoms with E-state index >= 15 is 0 Å². The number of carbonyl (C=O) groups is 2. The Hall–Kier alpha value is -3.12. The molecular weight excluding hydrogens is 464 g/mol. The van der Waals surface area contributed by atoms with Crippen LogP contribution in [0.5, 0.6) is 11.5 Å². The van der Waals surface area contributed by atoms with Gasteiger partial charge in [-0.15, -0.1) is 0 Å². The summed E-state index contributed by atoms with van der Waals surface area (Å²) in [5.41, 5.74) is 3.53. The molecule has 6 heteroatoms. The topological polar surface area (TPSA) is 67.9 Å². The zero-order chi connectivity index (χ0) is 25.6. The quantitative estimate of drug-likeness (QED) is 0.404. The second-order valence-corrected chi connectivity index (χ2v) is 10.5. The van der Waals surface area contributed by atoms with Crippen molar-refractivity contribution in [3.63, 3.8) is 0 Å². The fourth-order valence-electron chi connectivity index (χ4n) is 5.88. The number of nitrogens with zero attached hydrogens (tertiary/aromatic N) is 1. The second kappa shape index (κ2) is 12.0. The Morgan fingerprint density at radius 1 is 0.973 bits per heavy atom. The molecule has 5 rings (SSSR count). The van der Waals surface area contributed by atoms with Gasteiger partial charge in [0, 0.05) is 36.8 Å². The summed E-state index contributed by atoms with van der Waals surface area (Å²) in [6.07, 6.45) is 13.5. The number of para-hydroxylation sites is 1. The SMILES string of the molecule is COC(=O)c1ccc2c(c1)C(C(=O)NC1CCN(CC3=CCCCCCCC3)CC1)c1ccccc1O2. The highest BCUT2D eigenvalue weighted by atomic mass is 16.5. The van der Waals surface area contributed by atoms with Crippen LogP contribution < -0.4 is 10.1 Å². The van der Waals surface area contributed by atoms with E-state index in [4.69, 9.17) is 9.47 Å². The Morgan fingerprint density at radius 3 is 2.57 bits per heavy atom. The van der Waals surface area contributed by atoms with Gasteiger partial charge in [-0.2, -0.15) is 0 Å². The summed E-state index contributed by atoms with van der Waals surface area (Å²) in [6, 6.07) is 12.9. The number of carbonyl (C=O) groups excluding carboxylic acids is 2. The highest BCUT2D eigenvalue weighted by Gasteiger charge is 2.35. The average molecular weight is 503 g/mol. The number of fused-ring (bicyclic) bond motifs is 2. The third kappa shape index (κ3) is 6.07. The van der Waals surface area contributed by atoms with Crippen molar-refractivity contribution >= 4 is 11.9 Å². The second-order valence-electron chi connectivity index (χ2n) is 10.5. The van der Waals surface area contributed by atoms with E-state index in [1.807, 2.05) is 24.3 Å². The van der Waals surface area contributed by atoms with Crippen molar-refractivity contribution in [1.29, 1.82) is 0 Å². The lowest BCUT2D eigenvalue weighted by Gasteiger charge is -2.34. The van der Waals surface area contributed by atoms with Crippen LogP contribution in [0.3, 0.4) is 0 Å². The first-order chi connectivity index (χ1) is 18.1. The molecule has 37 heavy (non-hydrogen) atoms. The number of ether oxygens (including phenoxy) is 2. The Labute approximate surface area is 220 Å². The molecule has 1 unspecified atom stereocenters. The van der Waals surface area contributed by atoms with Gasteiger partial charge in [-0.25, -0.2) is 4.79 Å². The van der Waals surface area contributed by atoms with E-state index in [1.54, 1.807) is 23.8 Å². The molecule has 0 spiro atoms. The average Bonchev–Trinajstić information content (AvgIpc) is 3.06. The maximum absolute atomic E-state index is 13.7. The molecule has 0 radical (unpaired) electrons. The van der Waals surface area contributed by atoms with Gasteiger partial charge < -0.3 is 14.8 Å². The van der Waals surface area contributed by atoms with Crippen LogP contribution in [0.25, 0.3) is 0 Å². The van der Waals surface area contributed by atoms with Gasteiger partial charge in [0.1, 0.15) is 11.5 Å². The Kier molecular flexibility index (Phi) is 8.24. The first-order valence-electron chi connectivity index (χ1n) is 13.8. The summed E-state index contributed by atoms with van der Waals surface area (Å²) in [7, 11) is 1.36. The van der Waals surface area contributed by atoms with Crippen LogP contribution in [0.2, 0.25) is 0 Å². The molecule has 3 aliphatic rings. The largest absolute Gasteiger partial charge is 0.465 e. The molecule has 2 aromatic carbocycles. The van der Waals surface area contributed by atoms with Gasteiger partial charge in [0.05, 0.1) is 18.6 Å². The molecule has 2 aromatic rings. The molecule has 0 bridgehead atoms. The number of nitrogens with one attached hydrogen (secondary N) is 1. The minimum absolute atomic E-state index is 0.0450. The predicted molar refractivity (Wildman–Crippen MR) is 144 cm³/mol. The van der Waals surface area contributed by atoms with Crippen LogP contribution in [0.1, 0.15) is 85.2 Å². The molecule has 1 fully saturated rings. The van der Waals surface area contributed by atoms with Crippen LogP contribution in [0.4, 0.5) is 0 Å². The van der Waals surface area contributed by atoms with Gasteiger partial charge in [0.25, 0.3) is 0 Å². The number of esters is 1. The summed E-state index contributed by atoms with van der Waals surface area (Å²) in [4.78, 5) is 28.5. The van der Waals surface area contributed by atoms with E-state index in [2.05, 4.69) is 16.3 Å². The van der Waals surface area contributed by atoms with E-state index in [9.17, 15) is 9.59 Å². The Bertz CT molecular complexity index is 1150. The number of hydrogen-bond donors (Lipinski definition) is 1. The third-order valence-corrected chi connectivity index (χ3v) is 7.95. The third-order valence-electron chi connectivity index (χ3n) is 7.95. The van der Waals surface area contributed by atoms with Crippen molar-refractivity contribution in [1.82, 2.24) is 10.2 Å². The zero-order valence-electron chi connectivity index (χ0n) is 21.8. The number of piperidine rings is 1. The van der Waals surface area contributed by atoms with E-state index in [0.717, 1.165) is 38.0 Å². The van der Waals surface area contributed by atoms with E-state index < -0.39 is 11.9 Å². The summed E-state index contributed by atoms with van der Waals surface area (Å²) >= 11 is 0. The molecule has 1 saturated heterocycles. The molecule has 1 amide bonds. The minimum Gasteiger partial charge on any atom is -0.465 e. The lowest BCUT2D eigenvalue weighted by molar-refractivity contribution is -0.122. The molecule has 1 N–H and O–H groups in total. The molecule has 196 valence electrons. The molecule has 1 aliphatic carbocycles. The first kappa shape index (κ1) is 25.5. The van der Waals surface area contributed by atoms with Crippen molar-refractivity contribution in [3.8, 4) is 11.5 Å². The van der Waals surface area contributed by atoms with Crippen LogP contribution >= 0.6 is 0 Å². The fourth-order valence-corrected chi connectivity index (χ4v) is 5.88. The zero-order valence-corrected chi connectivity index (χ0v) is 21.8. The maximum Gasteiger partial charge on any atom is 0.337 e. The number of benzene rings is 2. The molecule has 0 saturated carbocycles. The lowest BCUT2D eigenvalue weighted by Crippen LogP contribution is -2.46. The standard InChI is InChI=1S/C31H38N2O4/c1-36-31(35)23-14-15-28-26(20-23)29(25-12-8-9-13-27(25)37-28)30(34)32-24-16-18-33(19-17-24)21-22-10-6-4-2-3-5-7-11-22/h8-10,12-15,20,24,29H,2-7,11,16-19,21H2,1H3,(H,32,34). The van der Waals surface area contributed by atoms with Gasteiger partial charge in [-0.3, -0.25) is 9.69 Å². The van der Waals surface area contributed by atoms with Crippen molar-refractivity contribution in [2.75, 3.05) is 26.7 Å². The van der Waals surface area contributed by atoms with E-state index in [-0.39, 0.29) is 11.9 Å². The number of methoxy groups -OCH3 is 1. The van der Waals surface area contributed by atoms with E-state index in [0.29, 0.717) is 22.6 Å². The monoisotopic (exact) mass is 502 g/mol. The van der Waals surface area contributed by atoms with Crippen LogP contribution in [0, 0.1) is 0 Å². The normalized spacial score (nSPS) is 20.7. The predicted octanol–water partition coefficient (Wildman–Crippen LogP) is 5.96. The fraction of sp³-hybridized carbons (Fsp3) is 0.484. The van der Waals surface area contributed by atoms with Crippen molar-refractivity contribution in [2.45, 2.75) is 69.7 Å². The van der Waals surface area contributed by atoms with Gasteiger partial charge in [0.2, 0.25) is 5.91 Å². The molecule has 1 atom stereocenters. The van der Waals surface area contributed by atoms with E-state index in [1.165, 1.54) is 52.1 Å². The smallest absolute Gasteiger partial charge is 0.337 e. The first-order valence-corrected chi connectivity index (χ1v) is 13.8. The molecule has 0 aromatic heterocycles. The highest BCUT2D eigenvalue weighted by Crippen LogP contribution is 2.44. The van der Waals surface area contributed by atoms with Crippen molar-refractivity contribution in [2.24, 2.45) is 0 Å². The molecule has 2 heterocycles. The Balaban J connectivity index is 1.26. The van der Waals surface area contributed by atoms with Gasteiger partial charge in [0.15, 0.2) is 0 Å². The van der Waals surface area contributed by atoms with Crippen LogP contribution in [-0.2, 0) is 9.53 Å². The number of amides is 1. The van der Waals surface area contributed by atoms with Crippen molar-refractivity contribution < 1.29 is 19.1 Å². The Morgan fingerprint density at radius 2 is 1.73 bits per heavy atom. The summed E-state index contributed by atoms with van der Waals surface area (Å²) < 4.78 is 11.0. The van der Waals surface area contributed by atoms with Crippen molar-refractivity contribution in [3.05, 3.63) is 70.8 Å². The minimum atomic E-state index is -0.536. The van der Waals surface area contributed by atoms with Crippen LogP contribution in [0.15, 0.2) is 54.1 Å². The summed E-state index contributed by atoms with van der Waals surface area (Å²) in [6.45, 7) is 3.06. The number of likely N-dealkylation sites (tertiary alicyclic amines) is 1. The van der Waals surface area contributed by atoms with Gasteiger partial charge in [-0.1, -0.05) is 49.1 Å². The van der Waals surface area contributed by atoms with Gasteiger partial charge >= 0.3 is 5.97 Å². The van der Waals surface area contributed by atoms with Crippen LogP contribution in [-0.4, -0.2) is 49.6 Å². The highest BCUT2D eigenvalue weighted by molar-refractivity contribution is 5.93. The number of rotatable bonds is 5.